The van der Waals surface area contributed by atoms with Crippen molar-refractivity contribution < 1.29 is 9.13 Å². The molecule has 1 aliphatic rings. The molecule has 0 bridgehead atoms. The lowest BCUT2D eigenvalue weighted by Gasteiger charge is -2.10. The van der Waals surface area contributed by atoms with Gasteiger partial charge < -0.3 is 14.6 Å². The number of hydrogen-bond acceptors (Lipinski definition) is 3. The molecule has 0 amide bonds. The van der Waals surface area contributed by atoms with Crippen molar-refractivity contribution in [2.24, 2.45) is 0 Å². The molecule has 1 heterocycles. The second-order valence-corrected chi connectivity index (χ2v) is 5.08. The average Bonchev–Trinajstić information content (AvgIpc) is 3.18. The van der Waals surface area contributed by atoms with Gasteiger partial charge in [-0.3, -0.25) is 0 Å². The lowest BCUT2D eigenvalue weighted by Crippen LogP contribution is -2.19. The molecule has 0 spiro atoms. The highest BCUT2D eigenvalue weighted by atomic mass is 19.1. The van der Waals surface area contributed by atoms with Gasteiger partial charge in [0.15, 0.2) is 0 Å². The Morgan fingerprint density at radius 3 is 3.00 bits per heavy atom. The molecule has 0 radical (unpaired) electrons. The van der Waals surface area contributed by atoms with Crippen molar-refractivity contribution >= 4 is 0 Å². The third-order valence-electron chi connectivity index (χ3n) is 3.53. The van der Waals surface area contributed by atoms with Crippen molar-refractivity contribution in [1.82, 2.24) is 14.9 Å². The first-order valence-corrected chi connectivity index (χ1v) is 6.82. The number of aromatic nitrogens is 2. The van der Waals surface area contributed by atoms with Gasteiger partial charge in [-0.1, -0.05) is 6.07 Å². The van der Waals surface area contributed by atoms with Gasteiger partial charge in [0.25, 0.3) is 0 Å². The molecular formula is C15H18FN3O. The molecule has 1 aliphatic carbocycles. The van der Waals surface area contributed by atoms with Gasteiger partial charge in [0.1, 0.15) is 17.4 Å². The van der Waals surface area contributed by atoms with Crippen molar-refractivity contribution in [2.75, 3.05) is 7.11 Å². The molecule has 5 heteroatoms. The van der Waals surface area contributed by atoms with Gasteiger partial charge >= 0.3 is 0 Å². The molecule has 0 aliphatic heterocycles. The van der Waals surface area contributed by atoms with E-state index in [-0.39, 0.29) is 5.82 Å². The van der Waals surface area contributed by atoms with Crippen molar-refractivity contribution in [1.29, 1.82) is 0 Å². The predicted molar refractivity (Wildman–Crippen MR) is 74.1 cm³/mol. The molecule has 4 nitrogen and oxygen atoms in total. The van der Waals surface area contributed by atoms with Gasteiger partial charge in [0.05, 0.1) is 20.2 Å². The Balaban J connectivity index is 1.71. The second kappa shape index (κ2) is 5.63. The van der Waals surface area contributed by atoms with Crippen LogP contribution in [0.2, 0.25) is 0 Å². The molecule has 0 saturated heterocycles. The first kappa shape index (κ1) is 13.1. The topological polar surface area (TPSA) is 39.1 Å². The van der Waals surface area contributed by atoms with Crippen LogP contribution in [-0.4, -0.2) is 22.7 Å². The molecule has 1 saturated carbocycles. The Morgan fingerprint density at radius 1 is 1.45 bits per heavy atom. The molecule has 1 aromatic heterocycles. The van der Waals surface area contributed by atoms with E-state index >= 15 is 0 Å². The fourth-order valence-corrected chi connectivity index (χ4v) is 2.14. The lowest BCUT2D eigenvalue weighted by atomic mass is 10.2. The Kier molecular flexibility index (Phi) is 3.69. The van der Waals surface area contributed by atoms with E-state index in [0.29, 0.717) is 23.9 Å². The monoisotopic (exact) mass is 275 g/mol. The zero-order valence-electron chi connectivity index (χ0n) is 11.5. The zero-order chi connectivity index (χ0) is 13.9. The van der Waals surface area contributed by atoms with Crippen molar-refractivity contribution in [3.05, 3.63) is 47.8 Å². The Bertz CT molecular complexity index is 593. The quantitative estimate of drug-likeness (QED) is 0.879. The Labute approximate surface area is 117 Å². The van der Waals surface area contributed by atoms with Crippen LogP contribution in [0.1, 0.15) is 24.2 Å². The molecule has 2 aromatic rings. The van der Waals surface area contributed by atoms with Gasteiger partial charge in [0, 0.05) is 30.1 Å². The molecule has 1 aromatic carbocycles. The summed E-state index contributed by atoms with van der Waals surface area (Å²) in [7, 11) is 1.53. The maximum Gasteiger partial charge on any atom is 0.131 e. The number of ether oxygens (including phenoxy) is 1. The molecule has 0 unspecified atom stereocenters. The Morgan fingerprint density at radius 2 is 2.30 bits per heavy atom. The minimum Gasteiger partial charge on any atom is -0.497 e. The Hall–Kier alpha value is -1.88. The SMILES string of the molecule is COc1ccc(Cn2ccnc2CNC2CC2)c(F)c1. The van der Waals surface area contributed by atoms with E-state index in [1.807, 2.05) is 10.8 Å². The summed E-state index contributed by atoms with van der Waals surface area (Å²) < 4.78 is 20.9. The van der Waals surface area contributed by atoms with Gasteiger partial charge in [0.2, 0.25) is 0 Å². The van der Waals surface area contributed by atoms with Crippen LogP contribution in [0.15, 0.2) is 30.6 Å². The highest BCUT2D eigenvalue weighted by molar-refractivity contribution is 5.29. The predicted octanol–water partition coefficient (Wildman–Crippen LogP) is 2.33. The number of hydrogen-bond donors (Lipinski definition) is 1. The van der Waals surface area contributed by atoms with Gasteiger partial charge in [-0.25, -0.2) is 9.37 Å². The van der Waals surface area contributed by atoms with Gasteiger partial charge in [-0.15, -0.1) is 0 Å². The number of nitrogens with one attached hydrogen (secondary N) is 1. The first-order chi connectivity index (χ1) is 9.76. The molecule has 1 fully saturated rings. The summed E-state index contributed by atoms with van der Waals surface area (Å²) in [5, 5.41) is 3.42. The number of nitrogens with zero attached hydrogens (tertiary/aromatic N) is 2. The lowest BCUT2D eigenvalue weighted by molar-refractivity contribution is 0.410. The number of rotatable bonds is 6. The van der Waals surface area contributed by atoms with Crippen LogP contribution in [0.5, 0.6) is 5.75 Å². The average molecular weight is 275 g/mol. The minimum atomic E-state index is -0.251. The normalized spacial score (nSPS) is 14.5. The third-order valence-corrected chi connectivity index (χ3v) is 3.53. The smallest absolute Gasteiger partial charge is 0.131 e. The first-order valence-electron chi connectivity index (χ1n) is 6.82. The maximum atomic E-state index is 14.0. The van der Waals surface area contributed by atoms with Gasteiger partial charge in [-0.05, 0) is 18.9 Å². The third kappa shape index (κ3) is 2.99. The van der Waals surface area contributed by atoms with Crippen LogP contribution in [0, 0.1) is 5.82 Å². The molecule has 3 rings (SSSR count). The number of halogens is 1. The van der Waals surface area contributed by atoms with E-state index in [2.05, 4.69) is 10.3 Å². The van der Waals surface area contributed by atoms with Crippen molar-refractivity contribution in [2.45, 2.75) is 32.0 Å². The van der Waals surface area contributed by atoms with Gasteiger partial charge in [-0.2, -0.15) is 0 Å². The molecule has 106 valence electrons. The van der Waals surface area contributed by atoms with Crippen LogP contribution in [0.4, 0.5) is 4.39 Å². The van der Waals surface area contributed by atoms with Crippen LogP contribution < -0.4 is 10.1 Å². The molecular weight excluding hydrogens is 257 g/mol. The fourth-order valence-electron chi connectivity index (χ4n) is 2.14. The van der Waals surface area contributed by atoms with E-state index in [1.54, 1.807) is 18.3 Å². The molecule has 0 atom stereocenters. The van der Waals surface area contributed by atoms with E-state index in [1.165, 1.54) is 26.0 Å². The summed E-state index contributed by atoms with van der Waals surface area (Å²) in [4.78, 5) is 4.33. The summed E-state index contributed by atoms with van der Waals surface area (Å²) in [5.41, 5.74) is 0.636. The fraction of sp³-hybridized carbons (Fsp3) is 0.400. The van der Waals surface area contributed by atoms with E-state index in [0.717, 1.165) is 12.4 Å². The van der Waals surface area contributed by atoms with Crippen LogP contribution >= 0.6 is 0 Å². The number of methoxy groups -OCH3 is 1. The summed E-state index contributed by atoms with van der Waals surface area (Å²) in [6.07, 6.45) is 6.13. The molecule has 1 N–H and O–H groups in total. The standard InChI is InChI=1S/C15H18FN3O/c1-20-13-5-2-11(14(16)8-13)10-19-7-6-17-15(19)9-18-12-3-4-12/h2,5-8,12,18H,3-4,9-10H2,1H3. The summed E-state index contributed by atoms with van der Waals surface area (Å²) in [5.74, 6) is 1.22. The van der Waals surface area contributed by atoms with Crippen molar-refractivity contribution in [3.63, 3.8) is 0 Å². The van der Waals surface area contributed by atoms with Crippen LogP contribution in [-0.2, 0) is 13.1 Å². The zero-order valence-corrected chi connectivity index (χ0v) is 11.5. The van der Waals surface area contributed by atoms with E-state index in [4.69, 9.17) is 4.74 Å². The van der Waals surface area contributed by atoms with E-state index in [9.17, 15) is 4.39 Å². The highest BCUT2D eigenvalue weighted by Gasteiger charge is 2.20. The van der Waals surface area contributed by atoms with Crippen LogP contribution in [0.3, 0.4) is 0 Å². The largest absolute Gasteiger partial charge is 0.497 e. The van der Waals surface area contributed by atoms with Crippen LogP contribution in [0.25, 0.3) is 0 Å². The summed E-state index contributed by atoms with van der Waals surface area (Å²) in [6, 6.07) is 5.58. The van der Waals surface area contributed by atoms with Crippen molar-refractivity contribution in [3.8, 4) is 5.75 Å². The summed E-state index contributed by atoms with van der Waals surface area (Å²) in [6.45, 7) is 1.22. The second-order valence-electron chi connectivity index (χ2n) is 5.08. The minimum absolute atomic E-state index is 0.251. The van der Waals surface area contributed by atoms with E-state index < -0.39 is 0 Å². The highest BCUT2D eigenvalue weighted by Crippen LogP contribution is 2.20. The summed E-state index contributed by atoms with van der Waals surface area (Å²) >= 11 is 0. The maximum absolute atomic E-state index is 14.0. The number of benzene rings is 1. The number of imidazole rings is 1. The molecule has 20 heavy (non-hydrogen) atoms.